The second-order valence-electron chi connectivity index (χ2n) is 4.55. The summed E-state index contributed by atoms with van der Waals surface area (Å²) in [6.07, 6.45) is 1.68. The molecule has 0 bridgehead atoms. The molecule has 0 spiro atoms. The van der Waals surface area contributed by atoms with Crippen LogP contribution in [0.4, 0.5) is 5.69 Å². The molecule has 0 amide bonds. The van der Waals surface area contributed by atoms with Crippen LogP contribution in [0.1, 0.15) is 20.8 Å². The third-order valence-electron chi connectivity index (χ3n) is 3.04. The fourth-order valence-electron chi connectivity index (χ4n) is 2.12. The highest BCUT2D eigenvalue weighted by molar-refractivity contribution is 6.35. The lowest BCUT2D eigenvalue weighted by atomic mass is 9.88. The van der Waals surface area contributed by atoms with Crippen LogP contribution in [0.15, 0.2) is 58.1 Å². The average molecular weight is 253 g/mol. The molecule has 0 fully saturated rings. The van der Waals surface area contributed by atoms with Crippen LogP contribution in [0.5, 0.6) is 0 Å². The van der Waals surface area contributed by atoms with Crippen molar-refractivity contribution < 1.29 is 9.59 Å². The first-order valence-electron chi connectivity index (χ1n) is 6.09. The zero-order chi connectivity index (χ0) is 14.0. The molecule has 3 heteroatoms. The first-order chi connectivity index (χ1) is 9.00. The van der Waals surface area contributed by atoms with Crippen LogP contribution in [-0.2, 0) is 9.59 Å². The zero-order valence-electron chi connectivity index (χ0n) is 11.2. The molecular formula is C16H15NO2. The third-order valence-corrected chi connectivity index (χ3v) is 3.04. The molecule has 1 aromatic rings. The fourth-order valence-corrected chi connectivity index (χ4v) is 2.12. The Balaban J connectivity index is 2.57. The second-order valence-corrected chi connectivity index (χ2v) is 4.55. The molecule has 1 aliphatic rings. The van der Waals surface area contributed by atoms with E-state index in [1.54, 1.807) is 19.9 Å². The summed E-state index contributed by atoms with van der Waals surface area (Å²) in [6.45, 7) is 4.88. The van der Waals surface area contributed by atoms with Crippen LogP contribution < -0.4 is 0 Å². The van der Waals surface area contributed by atoms with Gasteiger partial charge in [0.15, 0.2) is 11.6 Å². The molecule has 3 nitrogen and oxygen atoms in total. The Morgan fingerprint density at radius 1 is 1.11 bits per heavy atom. The van der Waals surface area contributed by atoms with E-state index in [9.17, 15) is 9.59 Å². The number of carbonyl (C=O) groups excluding carboxylic acids is 2. The van der Waals surface area contributed by atoms with Gasteiger partial charge in [0.25, 0.3) is 0 Å². The lowest BCUT2D eigenvalue weighted by Crippen LogP contribution is -2.20. The molecule has 96 valence electrons. The summed E-state index contributed by atoms with van der Waals surface area (Å²) < 4.78 is 0. The number of benzene rings is 1. The van der Waals surface area contributed by atoms with Crippen molar-refractivity contribution in [2.75, 3.05) is 0 Å². The van der Waals surface area contributed by atoms with Crippen molar-refractivity contribution >= 4 is 23.0 Å². The van der Waals surface area contributed by atoms with Gasteiger partial charge in [-0.25, -0.2) is 4.99 Å². The molecular weight excluding hydrogens is 238 g/mol. The number of ketones is 2. The van der Waals surface area contributed by atoms with Crippen molar-refractivity contribution in [1.29, 1.82) is 0 Å². The SMILES string of the molecule is CC(=O)C1=C(C)C(=O)C(C)=CC1=Nc1ccccc1. The van der Waals surface area contributed by atoms with Gasteiger partial charge in [-0.2, -0.15) is 0 Å². The van der Waals surface area contributed by atoms with Gasteiger partial charge >= 0.3 is 0 Å². The van der Waals surface area contributed by atoms with Crippen molar-refractivity contribution in [3.8, 4) is 0 Å². The largest absolute Gasteiger partial charge is 0.294 e. The van der Waals surface area contributed by atoms with E-state index >= 15 is 0 Å². The molecule has 0 saturated carbocycles. The molecule has 2 rings (SSSR count). The number of para-hydroxylation sites is 1. The Morgan fingerprint density at radius 2 is 1.74 bits per heavy atom. The van der Waals surface area contributed by atoms with Crippen molar-refractivity contribution in [3.63, 3.8) is 0 Å². The maximum atomic E-state index is 11.9. The highest BCUT2D eigenvalue weighted by Gasteiger charge is 2.24. The van der Waals surface area contributed by atoms with E-state index < -0.39 is 0 Å². The van der Waals surface area contributed by atoms with E-state index in [1.165, 1.54) is 6.92 Å². The average Bonchev–Trinajstić information content (AvgIpc) is 2.37. The molecule has 0 aliphatic heterocycles. The summed E-state index contributed by atoms with van der Waals surface area (Å²) >= 11 is 0. The van der Waals surface area contributed by atoms with E-state index in [0.29, 0.717) is 22.4 Å². The Bertz CT molecular complexity index is 634. The number of allylic oxidation sites excluding steroid dienone is 4. The van der Waals surface area contributed by atoms with Gasteiger partial charge in [-0.1, -0.05) is 18.2 Å². The van der Waals surface area contributed by atoms with E-state index in [-0.39, 0.29) is 11.6 Å². The molecule has 0 N–H and O–H groups in total. The van der Waals surface area contributed by atoms with Gasteiger partial charge in [-0.3, -0.25) is 9.59 Å². The maximum absolute atomic E-state index is 11.9. The molecule has 0 radical (unpaired) electrons. The standard InChI is InChI=1S/C16H15NO2/c1-10-9-14(17-13-7-5-4-6-8-13)15(12(3)18)11(2)16(10)19/h4-9H,1-3H3. The molecule has 19 heavy (non-hydrogen) atoms. The van der Waals surface area contributed by atoms with E-state index in [1.807, 2.05) is 30.3 Å². The summed E-state index contributed by atoms with van der Waals surface area (Å²) in [5.41, 5.74) is 2.83. The minimum absolute atomic E-state index is 0.0859. The van der Waals surface area contributed by atoms with E-state index in [4.69, 9.17) is 0 Å². The van der Waals surface area contributed by atoms with Crippen LogP contribution in [0.2, 0.25) is 0 Å². The van der Waals surface area contributed by atoms with Crippen LogP contribution in [-0.4, -0.2) is 17.3 Å². The van der Waals surface area contributed by atoms with Crippen molar-refractivity contribution in [1.82, 2.24) is 0 Å². The highest BCUT2D eigenvalue weighted by Crippen LogP contribution is 2.23. The number of aliphatic imine (C=N–C) groups is 1. The van der Waals surface area contributed by atoms with E-state index in [0.717, 1.165) is 5.69 Å². The topological polar surface area (TPSA) is 46.5 Å². The molecule has 1 aliphatic carbocycles. The van der Waals surface area contributed by atoms with Crippen molar-refractivity contribution in [2.45, 2.75) is 20.8 Å². The zero-order valence-corrected chi connectivity index (χ0v) is 11.2. The van der Waals surface area contributed by atoms with Gasteiger partial charge in [-0.15, -0.1) is 0 Å². The minimum atomic E-state index is -0.135. The van der Waals surface area contributed by atoms with Crippen molar-refractivity contribution in [2.24, 2.45) is 4.99 Å². The van der Waals surface area contributed by atoms with Crippen LogP contribution in [0, 0.1) is 0 Å². The Hall–Kier alpha value is -2.29. The lowest BCUT2D eigenvalue weighted by molar-refractivity contribution is -0.115. The molecule has 0 heterocycles. The van der Waals surface area contributed by atoms with Gasteiger partial charge < -0.3 is 0 Å². The maximum Gasteiger partial charge on any atom is 0.185 e. The number of hydrogen-bond donors (Lipinski definition) is 0. The summed E-state index contributed by atoms with van der Waals surface area (Å²) in [5, 5.41) is 0. The third kappa shape index (κ3) is 2.60. The van der Waals surface area contributed by atoms with Crippen LogP contribution in [0.25, 0.3) is 0 Å². The second kappa shape index (κ2) is 5.14. The lowest BCUT2D eigenvalue weighted by Gasteiger charge is -2.15. The predicted molar refractivity (Wildman–Crippen MR) is 75.7 cm³/mol. The van der Waals surface area contributed by atoms with E-state index in [2.05, 4.69) is 4.99 Å². The summed E-state index contributed by atoms with van der Waals surface area (Å²) in [7, 11) is 0. The van der Waals surface area contributed by atoms with Gasteiger partial charge in [0.2, 0.25) is 0 Å². The van der Waals surface area contributed by atoms with Gasteiger partial charge in [-0.05, 0) is 44.6 Å². The smallest absolute Gasteiger partial charge is 0.185 e. The molecule has 0 aromatic heterocycles. The number of rotatable bonds is 2. The minimum Gasteiger partial charge on any atom is -0.294 e. The van der Waals surface area contributed by atoms with Crippen molar-refractivity contribution in [3.05, 3.63) is 53.1 Å². The van der Waals surface area contributed by atoms with Gasteiger partial charge in [0.05, 0.1) is 11.4 Å². The molecule has 0 unspecified atom stereocenters. The van der Waals surface area contributed by atoms with Gasteiger partial charge in [0, 0.05) is 11.1 Å². The number of Topliss-reactive ketones (excluding diaryl/α,β-unsaturated/α-hetero) is 2. The molecule has 0 saturated heterocycles. The summed E-state index contributed by atoms with van der Waals surface area (Å²) in [6, 6.07) is 9.39. The van der Waals surface area contributed by atoms with Crippen LogP contribution >= 0.6 is 0 Å². The first-order valence-corrected chi connectivity index (χ1v) is 6.09. The Kier molecular flexibility index (Phi) is 3.56. The molecule has 1 aromatic carbocycles. The molecule has 0 atom stereocenters. The summed E-state index contributed by atoms with van der Waals surface area (Å²) in [5.74, 6) is -0.221. The predicted octanol–water partition coefficient (Wildman–Crippen LogP) is 3.19. The highest BCUT2D eigenvalue weighted by atomic mass is 16.1. The van der Waals surface area contributed by atoms with Crippen LogP contribution in [0.3, 0.4) is 0 Å². The number of carbonyl (C=O) groups is 2. The fraction of sp³-hybridized carbons (Fsp3) is 0.188. The number of nitrogens with zero attached hydrogens (tertiary/aromatic N) is 1. The Labute approximate surface area is 112 Å². The van der Waals surface area contributed by atoms with Gasteiger partial charge in [0.1, 0.15) is 0 Å². The summed E-state index contributed by atoms with van der Waals surface area (Å²) in [4.78, 5) is 28.1. The normalized spacial score (nSPS) is 17.7. The Morgan fingerprint density at radius 3 is 2.32 bits per heavy atom. The first kappa shape index (κ1) is 13.1. The monoisotopic (exact) mass is 253 g/mol. The quantitative estimate of drug-likeness (QED) is 0.760. The number of hydrogen-bond acceptors (Lipinski definition) is 3.